The minimum absolute atomic E-state index is 0.0682. The molecule has 0 amide bonds. The van der Waals surface area contributed by atoms with E-state index < -0.39 is 11.6 Å². The highest BCUT2D eigenvalue weighted by atomic mass is 16.6. The number of nitrogens with zero attached hydrogens (tertiary/aromatic N) is 4. The average molecular weight is 505 g/mol. The Hall–Kier alpha value is -3.65. The second kappa shape index (κ2) is 11.2. The second-order valence-electron chi connectivity index (χ2n) is 10.6. The Morgan fingerprint density at radius 1 is 0.973 bits per heavy atom. The number of phenolic OH excluding ortho intramolecular Hbond substituents is 1. The molecule has 0 unspecified atom stereocenters. The van der Waals surface area contributed by atoms with Crippen LogP contribution in [0.3, 0.4) is 0 Å². The second-order valence-corrected chi connectivity index (χ2v) is 10.6. The zero-order valence-electron chi connectivity index (χ0n) is 22.3. The molecule has 0 bridgehead atoms. The van der Waals surface area contributed by atoms with Gasteiger partial charge in [-0.1, -0.05) is 12.1 Å². The van der Waals surface area contributed by atoms with Gasteiger partial charge in [0, 0.05) is 32.7 Å². The standard InChI is InChI=1S/C29H36N4O4/c1-20(2)36-25-16-21(15-23(18-25)22-7-6-8-24(34)17-22)19-32-11-13-33(14-12-32)27-10-9-26(30-31-27)28(35)37-29(3,4)5/h6-10,15-18,20,34H,11-14,19H2,1-5H3. The van der Waals surface area contributed by atoms with E-state index in [4.69, 9.17) is 9.47 Å². The molecule has 4 rings (SSSR count). The van der Waals surface area contributed by atoms with E-state index in [9.17, 15) is 9.90 Å². The summed E-state index contributed by atoms with van der Waals surface area (Å²) in [5.74, 6) is 1.35. The van der Waals surface area contributed by atoms with Crippen LogP contribution < -0.4 is 9.64 Å². The number of carbonyl (C=O) groups is 1. The Morgan fingerprint density at radius 2 is 1.73 bits per heavy atom. The van der Waals surface area contributed by atoms with Crippen LogP contribution in [0, 0.1) is 0 Å². The van der Waals surface area contributed by atoms with Crippen molar-refractivity contribution in [1.29, 1.82) is 0 Å². The minimum atomic E-state index is -0.572. The highest BCUT2D eigenvalue weighted by Crippen LogP contribution is 2.30. The van der Waals surface area contributed by atoms with Gasteiger partial charge < -0.3 is 19.5 Å². The van der Waals surface area contributed by atoms with E-state index in [-0.39, 0.29) is 17.5 Å². The third-order valence-corrected chi connectivity index (χ3v) is 5.88. The number of carbonyl (C=O) groups excluding carboxylic acids is 1. The van der Waals surface area contributed by atoms with Gasteiger partial charge in [0.15, 0.2) is 11.5 Å². The molecule has 0 radical (unpaired) electrons. The van der Waals surface area contributed by atoms with Gasteiger partial charge >= 0.3 is 5.97 Å². The quantitative estimate of drug-likeness (QED) is 0.454. The summed E-state index contributed by atoms with van der Waals surface area (Å²) in [7, 11) is 0. The largest absolute Gasteiger partial charge is 0.508 e. The van der Waals surface area contributed by atoms with Crippen molar-refractivity contribution in [3.8, 4) is 22.6 Å². The topological polar surface area (TPSA) is 88.0 Å². The predicted octanol–water partition coefficient (Wildman–Crippen LogP) is 4.91. The van der Waals surface area contributed by atoms with Gasteiger partial charge in [0.2, 0.25) is 0 Å². The summed E-state index contributed by atoms with van der Waals surface area (Å²) >= 11 is 0. The van der Waals surface area contributed by atoms with Gasteiger partial charge in [-0.3, -0.25) is 4.90 Å². The van der Waals surface area contributed by atoms with Crippen molar-refractivity contribution in [3.63, 3.8) is 0 Å². The van der Waals surface area contributed by atoms with Gasteiger partial charge in [-0.05, 0) is 93.8 Å². The lowest BCUT2D eigenvalue weighted by molar-refractivity contribution is 0.00616. The van der Waals surface area contributed by atoms with Crippen LogP contribution in [0.4, 0.5) is 5.82 Å². The van der Waals surface area contributed by atoms with E-state index in [0.29, 0.717) is 0 Å². The lowest BCUT2D eigenvalue weighted by atomic mass is 10.0. The number of esters is 1. The summed E-state index contributed by atoms with van der Waals surface area (Å²) in [5, 5.41) is 18.3. The molecule has 3 aromatic rings. The maximum absolute atomic E-state index is 12.2. The molecule has 1 aromatic heterocycles. The molecule has 0 saturated carbocycles. The number of piperazine rings is 1. The van der Waals surface area contributed by atoms with Crippen LogP contribution in [0.2, 0.25) is 0 Å². The predicted molar refractivity (Wildman–Crippen MR) is 144 cm³/mol. The van der Waals surface area contributed by atoms with Crippen molar-refractivity contribution in [1.82, 2.24) is 15.1 Å². The zero-order valence-corrected chi connectivity index (χ0v) is 22.3. The normalized spacial score (nSPS) is 14.6. The molecule has 0 aliphatic carbocycles. The van der Waals surface area contributed by atoms with Crippen LogP contribution in [-0.2, 0) is 11.3 Å². The lowest BCUT2D eigenvalue weighted by Gasteiger charge is -2.35. The third-order valence-electron chi connectivity index (χ3n) is 5.88. The molecule has 8 heteroatoms. The van der Waals surface area contributed by atoms with Gasteiger partial charge in [0.1, 0.15) is 17.1 Å². The maximum Gasteiger partial charge on any atom is 0.359 e. The highest BCUT2D eigenvalue weighted by Gasteiger charge is 2.22. The van der Waals surface area contributed by atoms with Gasteiger partial charge in [0.25, 0.3) is 0 Å². The zero-order chi connectivity index (χ0) is 26.6. The van der Waals surface area contributed by atoms with Gasteiger partial charge in [-0.2, -0.15) is 0 Å². The maximum atomic E-state index is 12.2. The van der Waals surface area contributed by atoms with Crippen molar-refractivity contribution >= 4 is 11.8 Å². The first-order valence-corrected chi connectivity index (χ1v) is 12.7. The van der Waals surface area contributed by atoms with E-state index in [2.05, 4.69) is 32.1 Å². The molecule has 37 heavy (non-hydrogen) atoms. The fraction of sp³-hybridized carbons (Fsp3) is 0.414. The Balaban J connectivity index is 1.41. The monoisotopic (exact) mass is 504 g/mol. The average Bonchev–Trinajstić information content (AvgIpc) is 2.83. The Kier molecular flexibility index (Phi) is 7.97. The molecule has 1 aliphatic heterocycles. The number of ether oxygens (including phenoxy) is 2. The fourth-order valence-electron chi connectivity index (χ4n) is 4.27. The molecular weight excluding hydrogens is 468 g/mol. The molecule has 8 nitrogen and oxygen atoms in total. The summed E-state index contributed by atoms with van der Waals surface area (Å²) < 4.78 is 11.4. The van der Waals surface area contributed by atoms with Crippen LogP contribution in [0.25, 0.3) is 11.1 Å². The van der Waals surface area contributed by atoms with Crippen LogP contribution in [0.1, 0.15) is 50.7 Å². The molecular formula is C29H36N4O4. The van der Waals surface area contributed by atoms with Crippen molar-refractivity contribution in [3.05, 3.63) is 65.9 Å². The molecule has 0 atom stereocenters. The number of aromatic nitrogens is 2. The number of anilines is 1. The summed E-state index contributed by atoms with van der Waals surface area (Å²) in [5.41, 5.74) is 2.77. The van der Waals surface area contributed by atoms with E-state index in [1.54, 1.807) is 18.2 Å². The Bertz CT molecular complexity index is 1210. The minimum Gasteiger partial charge on any atom is -0.508 e. The molecule has 1 aliphatic rings. The van der Waals surface area contributed by atoms with E-state index >= 15 is 0 Å². The smallest absolute Gasteiger partial charge is 0.359 e. The summed E-state index contributed by atoms with van der Waals surface area (Å²) in [6, 6.07) is 17.1. The molecule has 2 aromatic carbocycles. The third kappa shape index (κ3) is 7.43. The summed E-state index contributed by atoms with van der Waals surface area (Å²) in [6.45, 7) is 13.7. The number of phenols is 1. The Morgan fingerprint density at radius 3 is 2.35 bits per heavy atom. The number of aromatic hydroxyl groups is 1. The SMILES string of the molecule is CC(C)Oc1cc(CN2CCN(c3ccc(C(=O)OC(C)(C)C)nn3)CC2)cc(-c2cccc(O)c2)c1. The first kappa shape index (κ1) is 26.4. The van der Waals surface area contributed by atoms with Crippen molar-refractivity contribution < 1.29 is 19.4 Å². The molecule has 196 valence electrons. The summed E-state index contributed by atoms with van der Waals surface area (Å²) in [4.78, 5) is 16.8. The van der Waals surface area contributed by atoms with E-state index in [1.807, 2.05) is 58.9 Å². The van der Waals surface area contributed by atoms with Crippen molar-refractivity contribution in [2.45, 2.75) is 52.9 Å². The van der Waals surface area contributed by atoms with Gasteiger partial charge in [-0.15, -0.1) is 10.2 Å². The van der Waals surface area contributed by atoms with Gasteiger partial charge in [0.05, 0.1) is 6.10 Å². The van der Waals surface area contributed by atoms with Crippen LogP contribution in [0.5, 0.6) is 11.5 Å². The molecule has 1 saturated heterocycles. The Labute approximate surface area is 218 Å². The molecule has 1 N–H and O–H groups in total. The van der Waals surface area contributed by atoms with Crippen LogP contribution in [-0.4, -0.2) is 64.1 Å². The first-order valence-electron chi connectivity index (χ1n) is 12.7. The highest BCUT2D eigenvalue weighted by molar-refractivity contribution is 5.87. The number of rotatable bonds is 7. The van der Waals surface area contributed by atoms with Crippen LogP contribution in [0.15, 0.2) is 54.6 Å². The van der Waals surface area contributed by atoms with E-state index in [1.165, 1.54) is 0 Å². The molecule has 1 fully saturated rings. The number of benzene rings is 2. The first-order chi connectivity index (χ1) is 17.6. The van der Waals surface area contributed by atoms with Crippen molar-refractivity contribution in [2.24, 2.45) is 0 Å². The number of hydrogen-bond donors (Lipinski definition) is 1. The van der Waals surface area contributed by atoms with E-state index in [0.717, 1.165) is 61.0 Å². The van der Waals surface area contributed by atoms with Crippen LogP contribution >= 0.6 is 0 Å². The fourth-order valence-corrected chi connectivity index (χ4v) is 4.27. The van der Waals surface area contributed by atoms with Crippen molar-refractivity contribution in [2.75, 3.05) is 31.1 Å². The summed E-state index contributed by atoms with van der Waals surface area (Å²) in [6.07, 6.45) is 0.0682. The molecule has 2 heterocycles. The van der Waals surface area contributed by atoms with Gasteiger partial charge in [-0.25, -0.2) is 4.79 Å². The number of hydrogen-bond acceptors (Lipinski definition) is 8. The molecule has 0 spiro atoms. The lowest BCUT2D eigenvalue weighted by Crippen LogP contribution is -2.46.